The van der Waals surface area contributed by atoms with Crippen LogP contribution < -0.4 is 4.90 Å². The number of fused-ring (bicyclic) bond motifs is 4. The van der Waals surface area contributed by atoms with E-state index in [1.165, 1.54) is 23.9 Å². The Morgan fingerprint density at radius 3 is 2.53 bits per heavy atom. The highest BCUT2D eigenvalue weighted by Gasteiger charge is 2.39. The highest BCUT2D eigenvalue weighted by atomic mass is 32.2. The lowest BCUT2D eigenvalue weighted by Crippen LogP contribution is -2.33. The molecule has 1 atom stereocenters. The number of rotatable bonds is 1. The molecule has 30 heavy (non-hydrogen) atoms. The summed E-state index contributed by atoms with van der Waals surface area (Å²) in [6.07, 6.45) is 1.14. The highest BCUT2D eigenvalue weighted by molar-refractivity contribution is 8.14. The molecule has 7 nitrogen and oxygen atoms in total. The summed E-state index contributed by atoms with van der Waals surface area (Å²) >= 11 is 1.41. The van der Waals surface area contributed by atoms with Gasteiger partial charge < -0.3 is 4.84 Å². The molecule has 0 aliphatic carbocycles. The molecule has 0 radical (unpaired) electrons. The zero-order chi connectivity index (χ0) is 21.0. The molecule has 0 N–H and O–H groups in total. The van der Waals surface area contributed by atoms with Crippen molar-refractivity contribution in [2.75, 3.05) is 10.7 Å². The van der Waals surface area contributed by atoms with E-state index in [1.807, 2.05) is 11.8 Å². The molecular formula is C22H17N3O4S. The summed E-state index contributed by atoms with van der Waals surface area (Å²) in [4.78, 5) is 48.3. The van der Waals surface area contributed by atoms with Crippen molar-refractivity contribution < 1.29 is 19.2 Å². The number of amidine groups is 1. The van der Waals surface area contributed by atoms with Crippen LogP contribution in [0, 0.1) is 6.92 Å². The SMILES string of the molecule is Cc1ccc2c(c1)N1C(=CC2C)CS/C1=N\C(=O)ON1C(=O)c2ccccc2C1=O. The smallest absolute Gasteiger partial charge is 0.308 e. The third-order valence-electron chi connectivity index (χ3n) is 5.30. The number of aryl methyl sites for hydroxylation is 1. The van der Waals surface area contributed by atoms with Crippen LogP contribution in [0.5, 0.6) is 0 Å². The monoisotopic (exact) mass is 419 g/mol. The Hall–Kier alpha value is -3.39. The molecule has 1 saturated heterocycles. The molecule has 2 aromatic carbocycles. The third kappa shape index (κ3) is 2.83. The Morgan fingerprint density at radius 2 is 1.83 bits per heavy atom. The predicted octanol–water partition coefficient (Wildman–Crippen LogP) is 4.25. The Bertz CT molecular complexity index is 1150. The first-order valence-corrected chi connectivity index (χ1v) is 10.4. The van der Waals surface area contributed by atoms with Crippen LogP contribution in [-0.2, 0) is 4.84 Å². The number of hydroxylamine groups is 2. The van der Waals surface area contributed by atoms with Gasteiger partial charge in [0.2, 0.25) is 0 Å². The lowest BCUT2D eigenvalue weighted by Gasteiger charge is -2.30. The first-order chi connectivity index (χ1) is 14.4. The Kier molecular flexibility index (Phi) is 4.25. The van der Waals surface area contributed by atoms with Crippen LogP contribution in [0.3, 0.4) is 0 Å². The van der Waals surface area contributed by atoms with Gasteiger partial charge in [0.05, 0.1) is 16.8 Å². The van der Waals surface area contributed by atoms with Crippen LogP contribution >= 0.6 is 11.8 Å². The summed E-state index contributed by atoms with van der Waals surface area (Å²) in [5, 5.41) is 0.936. The van der Waals surface area contributed by atoms with Crippen molar-refractivity contribution in [1.82, 2.24) is 5.06 Å². The number of carbonyl (C=O) groups excluding carboxylic acids is 3. The number of thioether (sulfide) groups is 1. The molecule has 1 fully saturated rings. The fourth-order valence-electron chi connectivity index (χ4n) is 3.89. The molecular weight excluding hydrogens is 402 g/mol. The number of allylic oxidation sites excluding steroid dienone is 1. The normalized spacial score (nSPS) is 20.8. The fraction of sp³-hybridized carbons (Fsp3) is 0.182. The molecule has 3 aliphatic rings. The number of nitrogens with zero attached hydrogens (tertiary/aromatic N) is 3. The van der Waals surface area contributed by atoms with E-state index in [9.17, 15) is 14.4 Å². The van der Waals surface area contributed by atoms with Crippen molar-refractivity contribution in [3.8, 4) is 0 Å². The molecule has 0 bridgehead atoms. The Balaban J connectivity index is 1.42. The zero-order valence-corrected chi connectivity index (χ0v) is 17.1. The summed E-state index contributed by atoms with van der Waals surface area (Å²) in [5.74, 6) is -0.401. The van der Waals surface area contributed by atoms with Crippen molar-refractivity contribution in [3.63, 3.8) is 0 Å². The van der Waals surface area contributed by atoms with Gasteiger partial charge in [-0.1, -0.05) is 54.1 Å². The van der Waals surface area contributed by atoms with Crippen LogP contribution in [0.25, 0.3) is 0 Å². The lowest BCUT2D eigenvalue weighted by atomic mass is 9.93. The van der Waals surface area contributed by atoms with E-state index in [0.717, 1.165) is 22.5 Å². The number of amides is 3. The minimum atomic E-state index is -1.01. The molecule has 1 unspecified atom stereocenters. The van der Waals surface area contributed by atoms with E-state index in [2.05, 4.69) is 36.2 Å². The summed E-state index contributed by atoms with van der Waals surface area (Å²) in [7, 11) is 0. The molecule has 3 aliphatic heterocycles. The maximum Gasteiger partial charge on any atom is 0.461 e. The number of hydrogen-bond acceptors (Lipinski definition) is 5. The number of imide groups is 1. The van der Waals surface area contributed by atoms with Crippen LogP contribution in [0.1, 0.15) is 44.7 Å². The van der Waals surface area contributed by atoms with Gasteiger partial charge in [-0.3, -0.25) is 14.5 Å². The number of benzene rings is 2. The highest BCUT2D eigenvalue weighted by Crippen LogP contribution is 2.43. The maximum absolute atomic E-state index is 12.5. The summed E-state index contributed by atoms with van der Waals surface area (Å²) in [6.45, 7) is 4.15. The third-order valence-corrected chi connectivity index (χ3v) is 6.27. The van der Waals surface area contributed by atoms with Crippen molar-refractivity contribution in [2.45, 2.75) is 19.8 Å². The summed E-state index contributed by atoms with van der Waals surface area (Å²) in [5.41, 5.74) is 4.70. The molecule has 3 heterocycles. The summed E-state index contributed by atoms with van der Waals surface area (Å²) < 4.78 is 0. The van der Waals surface area contributed by atoms with Gasteiger partial charge in [0.15, 0.2) is 5.17 Å². The van der Waals surface area contributed by atoms with Crippen LogP contribution in [0.2, 0.25) is 0 Å². The standard InChI is InChI=1S/C22H17N3O4S/c1-12-7-8-15-13(2)10-14-11-30-21(24(14)18(15)9-12)23-22(28)29-25-19(26)16-5-3-4-6-17(16)20(25)27/h3-10,13H,11H2,1-2H3/b23-21-. The van der Waals surface area contributed by atoms with Gasteiger partial charge in [0.25, 0.3) is 11.8 Å². The zero-order valence-electron chi connectivity index (χ0n) is 16.3. The van der Waals surface area contributed by atoms with E-state index >= 15 is 0 Å². The second kappa shape index (κ2) is 6.84. The fourth-order valence-corrected chi connectivity index (χ4v) is 4.88. The molecule has 2 aromatic rings. The van der Waals surface area contributed by atoms with Gasteiger partial charge in [-0.05, 0) is 36.2 Å². The maximum atomic E-state index is 12.5. The first kappa shape index (κ1) is 18.6. The summed E-state index contributed by atoms with van der Waals surface area (Å²) in [6, 6.07) is 12.5. The van der Waals surface area contributed by atoms with E-state index < -0.39 is 17.9 Å². The predicted molar refractivity (Wildman–Crippen MR) is 113 cm³/mol. The molecule has 3 amide bonds. The van der Waals surface area contributed by atoms with E-state index in [-0.39, 0.29) is 17.0 Å². The average molecular weight is 419 g/mol. The lowest BCUT2D eigenvalue weighted by molar-refractivity contribution is -0.0413. The van der Waals surface area contributed by atoms with E-state index in [0.29, 0.717) is 16.0 Å². The van der Waals surface area contributed by atoms with Gasteiger partial charge in [0, 0.05) is 17.4 Å². The van der Waals surface area contributed by atoms with E-state index in [1.54, 1.807) is 12.1 Å². The molecule has 8 heteroatoms. The van der Waals surface area contributed by atoms with Crippen molar-refractivity contribution >= 4 is 40.5 Å². The van der Waals surface area contributed by atoms with Gasteiger partial charge in [-0.15, -0.1) is 4.99 Å². The molecule has 0 spiro atoms. The largest absolute Gasteiger partial charge is 0.461 e. The van der Waals surface area contributed by atoms with Crippen LogP contribution in [0.15, 0.2) is 59.2 Å². The average Bonchev–Trinajstić information content (AvgIpc) is 3.22. The van der Waals surface area contributed by atoms with Gasteiger partial charge in [-0.25, -0.2) is 4.79 Å². The molecule has 0 aromatic heterocycles. The van der Waals surface area contributed by atoms with Gasteiger partial charge in [-0.2, -0.15) is 0 Å². The topological polar surface area (TPSA) is 79.3 Å². The number of carbonyl (C=O) groups is 3. The number of aliphatic imine (C=N–C) groups is 1. The number of hydrogen-bond donors (Lipinski definition) is 0. The molecule has 0 saturated carbocycles. The van der Waals surface area contributed by atoms with Crippen LogP contribution in [-0.4, -0.2) is 33.9 Å². The van der Waals surface area contributed by atoms with Crippen molar-refractivity contribution in [3.05, 3.63) is 76.5 Å². The second-order valence-electron chi connectivity index (χ2n) is 7.33. The first-order valence-electron chi connectivity index (χ1n) is 9.46. The Morgan fingerprint density at radius 1 is 1.13 bits per heavy atom. The quantitative estimate of drug-likeness (QED) is 0.643. The van der Waals surface area contributed by atoms with Crippen molar-refractivity contribution in [1.29, 1.82) is 0 Å². The molecule has 5 rings (SSSR count). The Labute approximate surface area is 177 Å². The van der Waals surface area contributed by atoms with Crippen molar-refractivity contribution in [2.24, 2.45) is 4.99 Å². The molecule has 150 valence electrons. The van der Waals surface area contributed by atoms with Gasteiger partial charge >= 0.3 is 6.09 Å². The minimum absolute atomic E-state index is 0.206. The number of anilines is 1. The minimum Gasteiger partial charge on any atom is -0.308 e. The second-order valence-corrected chi connectivity index (χ2v) is 8.28. The van der Waals surface area contributed by atoms with Gasteiger partial charge in [0.1, 0.15) is 0 Å². The van der Waals surface area contributed by atoms with Crippen LogP contribution in [0.4, 0.5) is 10.5 Å². The van der Waals surface area contributed by atoms with E-state index in [4.69, 9.17) is 4.84 Å².